The van der Waals surface area contributed by atoms with Gasteiger partial charge in [-0.15, -0.1) is 0 Å². The highest BCUT2D eigenvalue weighted by atomic mass is 32.2. The van der Waals surface area contributed by atoms with Gasteiger partial charge >= 0.3 is 0 Å². The van der Waals surface area contributed by atoms with E-state index in [9.17, 15) is 0 Å². The number of rotatable bonds is 7. The van der Waals surface area contributed by atoms with Crippen LogP contribution in [0.3, 0.4) is 0 Å². The average molecular weight is 325 g/mol. The van der Waals surface area contributed by atoms with Crippen molar-refractivity contribution in [3.8, 4) is 0 Å². The lowest BCUT2D eigenvalue weighted by Gasteiger charge is -2.14. The van der Waals surface area contributed by atoms with Crippen molar-refractivity contribution in [3.05, 3.63) is 65.9 Å². The summed E-state index contributed by atoms with van der Waals surface area (Å²) in [6, 6.07) is 19.5. The minimum atomic E-state index is 0.555. The van der Waals surface area contributed by atoms with Gasteiger partial charge < -0.3 is 9.72 Å². The highest BCUT2D eigenvalue weighted by Crippen LogP contribution is 2.31. The van der Waals surface area contributed by atoms with Crippen molar-refractivity contribution in [2.75, 3.05) is 13.0 Å². The molecule has 0 aliphatic carbocycles. The number of H-pyrrole nitrogens is 1. The van der Waals surface area contributed by atoms with Crippen LogP contribution in [0.5, 0.6) is 0 Å². The van der Waals surface area contributed by atoms with Crippen LogP contribution in [0.1, 0.15) is 30.5 Å². The molecule has 1 aromatic heterocycles. The van der Waals surface area contributed by atoms with E-state index in [1.165, 1.54) is 27.1 Å². The molecule has 1 heterocycles. The van der Waals surface area contributed by atoms with Crippen LogP contribution in [-0.2, 0) is 11.2 Å². The Kier molecular flexibility index (Phi) is 5.42. The molecule has 23 heavy (non-hydrogen) atoms. The van der Waals surface area contributed by atoms with E-state index in [2.05, 4.69) is 66.5 Å². The first-order chi connectivity index (χ1) is 11.3. The lowest BCUT2D eigenvalue weighted by molar-refractivity contribution is 0.259. The molecule has 120 valence electrons. The second kappa shape index (κ2) is 7.71. The Balaban J connectivity index is 1.85. The van der Waals surface area contributed by atoms with Crippen LogP contribution in [0.2, 0.25) is 0 Å². The quantitative estimate of drug-likeness (QED) is 0.452. The first-order valence-electron chi connectivity index (χ1n) is 8.09. The molecule has 2 nitrogen and oxygen atoms in total. The highest BCUT2D eigenvalue weighted by Gasteiger charge is 2.13. The summed E-state index contributed by atoms with van der Waals surface area (Å²) in [6.07, 6.45) is 2.19. The monoisotopic (exact) mass is 325 g/mol. The van der Waals surface area contributed by atoms with Gasteiger partial charge in [-0.05, 0) is 42.5 Å². The highest BCUT2D eigenvalue weighted by molar-refractivity contribution is 7.99. The molecule has 0 saturated heterocycles. The Morgan fingerprint density at radius 1 is 1.09 bits per heavy atom. The zero-order valence-electron chi connectivity index (χ0n) is 13.7. The predicted molar refractivity (Wildman–Crippen MR) is 99.2 cm³/mol. The minimum absolute atomic E-state index is 0.555. The number of hydrogen-bond donors (Lipinski definition) is 1. The van der Waals surface area contributed by atoms with Crippen LogP contribution in [0, 0.1) is 0 Å². The molecule has 0 spiro atoms. The fraction of sp³-hybridized carbons (Fsp3) is 0.300. The molecule has 0 amide bonds. The lowest BCUT2D eigenvalue weighted by atomic mass is 9.92. The fourth-order valence-corrected chi connectivity index (χ4v) is 3.78. The van der Waals surface area contributed by atoms with Crippen LogP contribution in [0.15, 0.2) is 59.5 Å². The van der Waals surface area contributed by atoms with Crippen molar-refractivity contribution < 1.29 is 4.74 Å². The summed E-state index contributed by atoms with van der Waals surface area (Å²) in [5.74, 6) is 1.24. The van der Waals surface area contributed by atoms with E-state index in [-0.39, 0.29) is 0 Å². The summed E-state index contributed by atoms with van der Waals surface area (Å²) >= 11 is 1.74. The Morgan fingerprint density at radius 3 is 2.65 bits per heavy atom. The molecule has 3 aromatic rings. The summed E-state index contributed by atoms with van der Waals surface area (Å²) in [6.45, 7) is 2.26. The number of aromatic nitrogens is 1. The Labute approximate surface area is 142 Å². The van der Waals surface area contributed by atoms with Crippen LogP contribution in [-0.4, -0.2) is 18.0 Å². The summed E-state index contributed by atoms with van der Waals surface area (Å²) < 4.78 is 5.19. The number of methoxy groups -OCH3 is 1. The normalized spacial score (nSPS) is 12.6. The van der Waals surface area contributed by atoms with Gasteiger partial charge in [0.15, 0.2) is 0 Å². The van der Waals surface area contributed by atoms with Gasteiger partial charge in [-0.3, -0.25) is 0 Å². The first kappa shape index (κ1) is 16.2. The van der Waals surface area contributed by atoms with Gasteiger partial charge in [0.2, 0.25) is 0 Å². The Bertz CT molecular complexity index is 751. The third-order valence-corrected chi connectivity index (χ3v) is 5.26. The second-order valence-corrected chi connectivity index (χ2v) is 6.75. The van der Waals surface area contributed by atoms with Gasteiger partial charge in [0.25, 0.3) is 0 Å². The van der Waals surface area contributed by atoms with Crippen LogP contribution >= 0.6 is 11.8 Å². The molecular weight excluding hydrogens is 302 g/mol. The van der Waals surface area contributed by atoms with E-state index in [1.54, 1.807) is 18.9 Å². The van der Waals surface area contributed by atoms with Crippen LogP contribution < -0.4 is 0 Å². The van der Waals surface area contributed by atoms with Gasteiger partial charge in [-0.1, -0.05) is 55.1 Å². The standard InChI is InChI=1S/C20H23NOS/c1-3-15(16-8-5-4-6-9-16)12-17-13-18-19(21-17)10-7-11-20(18)23-14-22-2/h4-11,13,15,21H,3,12,14H2,1-2H3. The van der Waals surface area contributed by atoms with Crippen molar-refractivity contribution >= 4 is 22.7 Å². The van der Waals surface area contributed by atoms with Crippen molar-refractivity contribution in [3.63, 3.8) is 0 Å². The smallest absolute Gasteiger partial charge is 0.0963 e. The topological polar surface area (TPSA) is 25.0 Å². The molecule has 1 N–H and O–H groups in total. The number of benzene rings is 2. The van der Waals surface area contributed by atoms with Gasteiger partial charge in [-0.25, -0.2) is 0 Å². The zero-order valence-corrected chi connectivity index (χ0v) is 14.5. The fourth-order valence-electron chi connectivity index (χ4n) is 3.03. The van der Waals surface area contributed by atoms with Crippen molar-refractivity contribution in [1.29, 1.82) is 0 Å². The Morgan fingerprint density at radius 2 is 1.91 bits per heavy atom. The number of nitrogens with one attached hydrogen (secondary N) is 1. The molecule has 0 aliphatic rings. The van der Waals surface area contributed by atoms with E-state index >= 15 is 0 Å². The zero-order chi connectivity index (χ0) is 16.1. The first-order valence-corrected chi connectivity index (χ1v) is 9.07. The van der Waals surface area contributed by atoms with E-state index in [0.717, 1.165) is 12.8 Å². The summed E-state index contributed by atoms with van der Waals surface area (Å²) in [5, 5.41) is 1.30. The molecule has 0 radical (unpaired) electrons. The molecular formula is C20H23NOS. The van der Waals surface area contributed by atoms with E-state index < -0.39 is 0 Å². The van der Waals surface area contributed by atoms with Gasteiger partial charge in [0.05, 0.1) is 5.94 Å². The van der Waals surface area contributed by atoms with Crippen LogP contribution in [0.4, 0.5) is 0 Å². The number of ether oxygens (including phenoxy) is 1. The van der Waals surface area contributed by atoms with Crippen molar-refractivity contribution in [2.45, 2.75) is 30.6 Å². The summed E-state index contributed by atoms with van der Waals surface area (Å²) in [7, 11) is 1.74. The second-order valence-electron chi connectivity index (χ2n) is 5.78. The molecule has 1 unspecified atom stereocenters. The van der Waals surface area contributed by atoms with Crippen molar-refractivity contribution in [2.24, 2.45) is 0 Å². The molecule has 3 heteroatoms. The van der Waals surface area contributed by atoms with Gasteiger partial charge in [0.1, 0.15) is 0 Å². The maximum absolute atomic E-state index is 5.19. The number of thioether (sulfide) groups is 1. The number of fused-ring (bicyclic) bond motifs is 1. The molecule has 0 aliphatic heterocycles. The van der Waals surface area contributed by atoms with E-state index in [0.29, 0.717) is 11.9 Å². The third-order valence-electron chi connectivity index (χ3n) is 4.24. The van der Waals surface area contributed by atoms with Crippen molar-refractivity contribution in [1.82, 2.24) is 4.98 Å². The predicted octanol–water partition coefficient (Wildman–Crippen LogP) is 5.60. The minimum Gasteiger partial charge on any atom is -0.374 e. The SMILES string of the molecule is CCC(Cc1cc2c(SCOC)cccc2[nH]1)c1ccccc1. The van der Waals surface area contributed by atoms with Gasteiger partial charge in [-0.2, -0.15) is 0 Å². The van der Waals surface area contributed by atoms with Gasteiger partial charge in [0, 0.05) is 28.6 Å². The molecule has 1 atom stereocenters. The largest absolute Gasteiger partial charge is 0.374 e. The molecule has 0 saturated carbocycles. The molecule has 2 aromatic carbocycles. The van der Waals surface area contributed by atoms with E-state index in [4.69, 9.17) is 4.74 Å². The average Bonchev–Trinajstić information content (AvgIpc) is 3.01. The van der Waals surface area contributed by atoms with Crippen LogP contribution in [0.25, 0.3) is 10.9 Å². The third kappa shape index (κ3) is 3.80. The lowest BCUT2D eigenvalue weighted by Crippen LogP contribution is -2.01. The summed E-state index contributed by atoms with van der Waals surface area (Å²) in [4.78, 5) is 4.87. The van der Waals surface area contributed by atoms with E-state index in [1.807, 2.05) is 0 Å². The number of hydrogen-bond acceptors (Lipinski definition) is 2. The molecule has 0 bridgehead atoms. The Hall–Kier alpha value is -1.71. The maximum Gasteiger partial charge on any atom is 0.0963 e. The molecule has 0 fully saturated rings. The summed E-state index contributed by atoms with van der Waals surface area (Å²) in [5.41, 5.74) is 3.94. The number of aromatic amines is 1. The molecule has 3 rings (SSSR count). The maximum atomic E-state index is 5.19.